The lowest BCUT2D eigenvalue weighted by molar-refractivity contribution is 0.427. The second kappa shape index (κ2) is 5.71. The molecule has 2 N–H and O–H groups in total. The molecule has 1 aromatic heterocycles. The van der Waals surface area contributed by atoms with E-state index in [0.717, 1.165) is 18.4 Å². The van der Waals surface area contributed by atoms with Gasteiger partial charge >= 0.3 is 0 Å². The van der Waals surface area contributed by atoms with E-state index >= 15 is 0 Å². The summed E-state index contributed by atoms with van der Waals surface area (Å²) in [4.78, 5) is 7.22. The van der Waals surface area contributed by atoms with Crippen molar-refractivity contribution in [1.29, 1.82) is 0 Å². The van der Waals surface area contributed by atoms with E-state index < -0.39 is 11.6 Å². The number of hydrogen-bond acceptors (Lipinski definition) is 2. The van der Waals surface area contributed by atoms with Crippen molar-refractivity contribution in [3.05, 3.63) is 41.9 Å². The second-order valence-electron chi connectivity index (χ2n) is 5.77. The van der Waals surface area contributed by atoms with Gasteiger partial charge < -0.3 is 10.3 Å². The monoisotopic (exact) mass is 279 g/mol. The minimum absolute atomic E-state index is 0.0457. The first kappa shape index (κ1) is 14.7. The normalized spacial score (nSPS) is 11.8. The molecule has 5 heteroatoms. The molecular weight excluding hydrogens is 260 g/mol. The molecule has 0 spiro atoms. The maximum absolute atomic E-state index is 13.7. The van der Waals surface area contributed by atoms with Crippen LogP contribution in [-0.4, -0.2) is 22.1 Å². The molecule has 0 bridgehead atoms. The molecule has 0 amide bonds. The van der Waals surface area contributed by atoms with Crippen LogP contribution in [0, 0.1) is 11.6 Å². The number of nitrogens with zero attached hydrogens (tertiary/aromatic N) is 1. The SMILES string of the molecule is CC(C)(C)NCCc1ncc(-c2cccc(F)c2F)[nH]1. The number of imidazole rings is 1. The third-order valence-electron chi connectivity index (χ3n) is 2.89. The smallest absolute Gasteiger partial charge is 0.168 e. The predicted molar refractivity (Wildman–Crippen MR) is 75.4 cm³/mol. The van der Waals surface area contributed by atoms with Crippen LogP contribution in [-0.2, 0) is 6.42 Å². The van der Waals surface area contributed by atoms with E-state index in [0.29, 0.717) is 12.1 Å². The van der Waals surface area contributed by atoms with Crippen molar-refractivity contribution in [3.63, 3.8) is 0 Å². The summed E-state index contributed by atoms with van der Waals surface area (Å²) in [5.41, 5.74) is 0.740. The number of rotatable bonds is 4. The van der Waals surface area contributed by atoms with Gasteiger partial charge in [-0.05, 0) is 32.9 Å². The van der Waals surface area contributed by atoms with Crippen LogP contribution >= 0.6 is 0 Å². The van der Waals surface area contributed by atoms with Gasteiger partial charge in [0.05, 0.1) is 11.9 Å². The Hall–Kier alpha value is -1.75. The lowest BCUT2D eigenvalue weighted by Crippen LogP contribution is -2.37. The van der Waals surface area contributed by atoms with Crippen LogP contribution in [0.5, 0.6) is 0 Å². The Kier molecular flexibility index (Phi) is 4.18. The number of aromatic nitrogens is 2. The first-order valence-corrected chi connectivity index (χ1v) is 6.60. The van der Waals surface area contributed by atoms with Crippen molar-refractivity contribution in [2.24, 2.45) is 0 Å². The topological polar surface area (TPSA) is 40.7 Å². The van der Waals surface area contributed by atoms with Crippen LogP contribution in [0.3, 0.4) is 0 Å². The average molecular weight is 279 g/mol. The third kappa shape index (κ3) is 3.63. The highest BCUT2D eigenvalue weighted by Crippen LogP contribution is 2.22. The third-order valence-corrected chi connectivity index (χ3v) is 2.89. The second-order valence-corrected chi connectivity index (χ2v) is 5.77. The largest absolute Gasteiger partial charge is 0.342 e. The van der Waals surface area contributed by atoms with Gasteiger partial charge in [-0.2, -0.15) is 0 Å². The Morgan fingerprint density at radius 3 is 2.70 bits per heavy atom. The van der Waals surface area contributed by atoms with Gasteiger partial charge in [-0.15, -0.1) is 0 Å². The van der Waals surface area contributed by atoms with Crippen LogP contribution < -0.4 is 5.32 Å². The molecule has 0 fully saturated rings. The van der Waals surface area contributed by atoms with Crippen molar-refractivity contribution in [3.8, 4) is 11.3 Å². The molecule has 0 aliphatic rings. The quantitative estimate of drug-likeness (QED) is 0.901. The Balaban J connectivity index is 2.07. The first-order valence-electron chi connectivity index (χ1n) is 6.60. The summed E-state index contributed by atoms with van der Waals surface area (Å²) in [6.45, 7) is 7.02. The zero-order chi connectivity index (χ0) is 14.8. The molecule has 0 saturated heterocycles. The summed E-state index contributed by atoms with van der Waals surface area (Å²) in [6, 6.07) is 4.11. The summed E-state index contributed by atoms with van der Waals surface area (Å²) in [5.74, 6) is -0.955. The number of nitrogens with one attached hydrogen (secondary N) is 2. The molecule has 0 saturated carbocycles. The molecule has 20 heavy (non-hydrogen) atoms. The lowest BCUT2D eigenvalue weighted by Gasteiger charge is -2.19. The molecule has 3 nitrogen and oxygen atoms in total. The molecule has 0 aliphatic carbocycles. The zero-order valence-corrected chi connectivity index (χ0v) is 11.9. The molecule has 0 atom stereocenters. The lowest BCUT2D eigenvalue weighted by atomic mass is 10.1. The molecule has 1 aromatic carbocycles. The first-order chi connectivity index (χ1) is 9.37. The molecule has 108 valence electrons. The highest BCUT2D eigenvalue weighted by atomic mass is 19.2. The van der Waals surface area contributed by atoms with Gasteiger partial charge in [-0.25, -0.2) is 13.8 Å². The Labute approximate surface area is 117 Å². The van der Waals surface area contributed by atoms with Gasteiger partial charge in [0.1, 0.15) is 5.82 Å². The number of H-pyrrole nitrogens is 1. The zero-order valence-electron chi connectivity index (χ0n) is 11.9. The number of hydrogen-bond donors (Lipinski definition) is 2. The van der Waals surface area contributed by atoms with Gasteiger partial charge in [0.2, 0.25) is 0 Å². The molecule has 2 rings (SSSR count). The maximum Gasteiger partial charge on any atom is 0.168 e. The van der Waals surface area contributed by atoms with E-state index in [-0.39, 0.29) is 11.1 Å². The molecule has 0 radical (unpaired) electrons. The molecule has 1 heterocycles. The Morgan fingerprint density at radius 1 is 1.25 bits per heavy atom. The van der Waals surface area contributed by atoms with Crippen LogP contribution in [0.4, 0.5) is 8.78 Å². The van der Waals surface area contributed by atoms with Crippen LogP contribution in [0.1, 0.15) is 26.6 Å². The van der Waals surface area contributed by atoms with E-state index in [9.17, 15) is 8.78 Å². The van der Waals surface area contributed by atoms with Crippen LogP contribution in [0.15, 0.2) is 24.4 Å². The molecule has 2 aromatic rings. The Bertz CT molecular complexity index is 585. The van der Waals surface area contributed by atoms with Crippen LogP contribution in [0.2, 0.25) is 0 Å². The van der Waals surface area contributed by atoms with Crippen molar-refractivity contribution in [2.45, 2.75) is 32.7 Å². The highest BCUT2D eigenvalue weighted by Gasteiger charge is 2.12. The molecule has 0 aliphatic heterocycles. The minimum Gasteiger partial charge on any atom is -0.342 e. The predicted octanol–water partition coefficient (Wildman–Crippen LogP) is 3.29. The van der Waals surface area contributed by atoms with Crippen molar-refractivity contribution in [1.82, 2.24) is 15.3 Å². The minimum atomic E-state index is -0.854. The van der Waals surface area contributed by atoms with Gasteiger partial charge in [-0.1, -0.05) is 6.07 Å². The van der Waals surface area contributed by atoms with Gasteiger partial charge in [-0.3, -0.25) is 0 Å². The fraction of sp³-hybridized carbons (Fsp3) is 0.400. The summed E-state index contributed by atoms with van der Waals surface area (Å²) in [5, 5.41) is 3.35. The number of halogens is 2. The van der Waals surface area contributed by atoms with Gasteiger partial charge in [0.25, 0.3) is 0 Å². The summed E-state index contributed by atoms with van der Waals surface area (Å²) >= 11 is 0. The van der Waals surface area contributed by atoms with Gasteiger partial charge in [0.15, 0.2) is 11.6 Å². The van der Waals surface area contributed by atoms with Crippen LogP contribution in [0.25, 0.3) is 11.3 Å². The summed E-state index contributed by atoms with van der Waals surface area (Å²) < 4.78 is 26.9. The van der Waals surface area contributed by atoms with E-state index in [2.05, 4.69) is 36.1 Å². The highest BCUT2D eigenvalue weighted by molar-refractivity contribution is 5.59. The van der Waals surface area contributed by atoms with Crippen molar-refractivity contribution < 1.29 is 8.78 Å². The summed E-state index contributed by atoms with van der Waals surface area (Å²) in [7, 11) is 0. The van der Waals surface area contributed by atoms with Crippen molar-refractivity contribution in [2.75, 3.05) is 6.54 Å². The number of benzene rings is 1. The molecule has 0 unspecified atom stereocenters. The van der Waals surface area contributed by atoms with E-state index in [1.165, 1.54) is 18.3 Å². The van der Waals surface area contributed by atoms with E-state index in [4.69, 9.17) is 0 Å². The van der Waals surface area contributed by atoms with E-state index in [1.807, 2.05) is 0 Å². The van der Waals surface area contributed by atoms with Gasteiger partial charge in [0, 0.05) is 24.1 Å². The fourth-order valence-electron chi connectivity index (χ4n) is 1.89. The van der Waals surface area contributed by atoms with E-state index in [1.54, 1.807) is 0 Å². The average Bonchev–Trinajstić information content (AvgIpc) is 2.79. The standard InChI is InChI=1S/C15H19F2N3/c1-15(2,3)19-8-7-13-18-9-12(20-13)10-5-4-6-11(16)14(10)17/h4-6,9,19H,7-8H2,1-3H3,(H,18,20). The van der Waals surface area contributed by atoms with Crippen molar-refractivity contribution >= 4 is 0 Å². The maximum atomic E-state index is 13.7. The Morgan fingerprint density at radius 2 is 2.00 bits per heavy atom. The summed E-state index contributed by atoms with van der Waals surface area (Å²) in [6.07, 6.45) is 2.23. The molecular formula is C15H19F2N3. The number of aromatic amines is 1. The fourth-order valence-corrected chi connectivity index (χ4v) is 1.89.